The summed E-state index contributed by atoms with van der Waals surface area (Å²) in [6, 6.07) is 13.7. The van der Waals surface area contributed by atoms with Gasteiger partial charge in [0, 0.05) is 29.6 Å². The van der Waals surface area contributed by atoms with Crippen molar-refractivity contribution >= 4 is 29.3 Å². The number of halogens is 1. The Labute approximate surface area is 184 Å². The summed E-state index contributed by atoms with van der Waals surface area (Å²) in [5.41, 5.74) is 4.70. The first kappa shape index (κ1) is 20.6. The van der Waals surface area contributed by atoms with Gasteiger partial charge in [-0.05, 0) is 42.2 Å². The van der Waals surface area contributed by atoms with Crippen molar-refractivity contribution in [1.29, 1.82) is 0 Å². The molecule has 162 valence electrons. The minimum Gasteiger partial charge on any atom is -0.423 e. The zero-order valence-electron chi connectivity index (χ0n) is 17.5. The minimum atomic E-state index is -1.57. The first-order valence-corrected chi connectivity index (χ1v) is 10.4. The molecule has 2 aromatic heterocycles. The fourth-order valence-electron chi connectivity index (χ4n) is 4.17. The highest BCUT2D eigenvalue weighted by molar-refractivity contribution is 6.61. The van der Waals surface area contributed by atoms with Gasteiger partial charge in [0.05, 0.1) is 24.4 Å². The fourth-order valence-corrected chi connectivity index (χ4v) is 4.17. The van der Waals surface area contributed by atoms with Gasteiger partial charge in [0.15, 0.2) is 0 Å². The summed E-state index contributed by atoms with van der Waals surface area (Å²) in [7, 11) is -1.57. The van der Waals surface area contributed by atoms with Crippen LogP contribution in [0.3, 0.4) is 0 Å². The van der Waals surface area contributed by atoms with Crippen molar-refractivity contribution in [3.8, 4) is 5.95 Å². The van der Waals surface area contributed by atoms with E-state index in [0.29, 0.717) is 43.4 Å². The molecule has 0 saturated heterocycles. The number of rotatable bonds is 5. The molecule has 32 heavy (non-hydrogen) atoms. The lowest BCUT2D eigenvalue weighted by atomic mass is 9.78. The predicted octanol–water partition coefficient (Wildman–Crippen LogP) is 2.23. The second-order valence-electron chi connectivity index (χ2n) is 7.86. The SMILES string of the molecule is Cc1cc2c(B(O)O)cccc2n1-c1nc2c(c(NCc3cccc(F)c3)n1)COCC2. The molecule has 0 radical (unpaired) electrons. The predicted molar refractivity (Wildman–Crippen MR) is 121 cm³/mol. The maximum atomic E-state index is 13.6. The molecule has 1 aliphatic rings. The summed E-state index contributed by atoms with van der Waals surface area (Å²) in [5.74, 6) is 0.854. The van der Waals surface area contributed by atoms with Crippen molar-refractivity contribution in [3.63, 3.8) is 0 Å². The second-order valence-corrected chi connectivity index (χ2v) is 7.86. The number of hydrogen-bond donors (Lipinski definition) is 3. The van der Waals surface area contributed by atoms with Crippen LogP contribution in [0.5, 0.6) is 0 Å². The molecule has 1 aliphatic heterocycles. The molecule has 0 fully saturated rings. The molecule has 4 aromatic rings. The molecule has 7 nitrogen and oxygen atoms in total. The highest BCUT2D eigenvalue weighted by Crippen LogP contribution is 2.27. The maximum absolute atomic E-state index is 13.6. The normalized spacial score (nSPS) is 13.2. The molecule has 2 aromatic carbocycles. The van der Waals surface area contributed by atoms with Gasteiger partial charge in [0.1, 0.15) is 11.6 Å². The van der Waals surface area contributed by atoms with Crippen LogP contribution in [-0.2, 0) is 24.3 Å². The molecule has 3 N–H and O–H groups in total. The van der Waals surface area contributed by atoms with E-state index in [-0.39, 0.29) is 5.82 Å². The smallest absolute Gasteiger partial charge is 0.423 e. The topological polar surface area (TPSA) is 92.4 Å². The Bertz CT molecular complexity index is 1310. The summed E-state index contributed by atoms with van der Waals surface area (Å²) in [4.78, 5) is 9.61. The van der Waals surface area contributed by atoms with Crippen molar-refractivity contribution in [2.24, 2.45) is 0 Å². The lowest BCUT2D eigenvalue weighted by molar-refractivity contribution is 0.109. The lowest BCUT2D eigenvalue weighted by Gasteiger charge is -2.21. The summed E-state index contributed by atoms with van der Waals surface area (Å²) < 4.78 is 21.1. The second kappa shape index (κ2) is 8.35. The van der Waals surface area contributed by atoms with E-state index in [1.54, 1.807) is 18.2 Å². The molecule has 0 unspecified atom stereocenters. The van der Waals surface area contributed by atoms with Crippen molar-refractivity contribution < 1.29 is 19.2 Å². The number of nitrogens with one attached hydrogen (secondary N) is 1. The van der Waals surface area contributed by atoms with E-state index in [0.717, 1.165) is 33.4 Å². The quantitative estimate of drug-likeness (QED) is 0.419. The molecular formula is C23H22BFN4O3. The molecule has 5 rings (SSSR count). The van der Waals surface area contributed by atoms with Crippen molar-refractivity contribution in [2.45, 2.75) is 26.5 Å². The third-order valence-corrected chi connectivity index (χ3v) is 5.70. The van der Waals surface area contributed by atoms with E-state index in [1.165, 1.54) is 12.1 Å². The molecule has 0 atom stereocenters. The first-order valence-electron chi connectivity index (χ1n) is 10.4. The largest absolute Gasteiger partial charge is 0.489 e. The monoisotopic (exact) mass is 432 g/mol. The van der Waals surface area contributed by atoms with Crippen LogP contribution >= 0.6 is 0 Å². The number of fused-ring (bicyclic) bond motifs is 2. The number of aryl methyl sites for hydroxylation is 1. The van der Waals surface area contributed by atoms with Crippen LogP contribution in [-0.4, -0.2) is 38.3 Å². The average Bonchev–Trinajstić information content (AvgIpc) is 3.13. The number of nitrogens with zero attached hydrogens (tertiary/aromatic N) is 3. The fraction of sp³-hybridized carbons (Fsp3) is 0.217. The Morgan fingerprint density at radius 1 is 1.16 bits per heavy atom. The molecule has 0 amide bonds. The van der Waals surface area contributed by atoms with E-state index >= 15 is 0 Å². The lowest BCUT2D eigenvalue weighted by Crippen LogP contribution is -2.30. The van der Waals surface area contributed by atoms with Gasteiger partial charge in [-0.15, -0.1) is 0 Å². The highest BCUT2D eigenvalue weighted by atomic mass is 19.1. The van der Waals surface area contributed by atoms with Gasteiger partial charge in [-0.1, -0.05) is 24.3 Å². The molecule has 9 heteroatoms. The van der Waals surface area contributed by atoms with E-state index in [2.05, 4.69) is 5.32 Å². The van der Waals surface area contributed by atoms with Gasteiger partial charge in [0.25, 0.3) is 0 Å². The standard InChI is InChI=1S/C23H22BFN4O3/c1-14-10-17-19(24(30)31)6-3-7-21(17)29(14)23-27-20-8-9-32-13-18(20)22(28-23)26-12-15-4-2-5-16(25)11-15/h2-7,10-11,30-31H,8-9,12-13H2,1H3,(H,26,27,28). The van der Waals surface area contributed by atoms with Crippen LogP contribution in [0, 0.1) is 12.7 Å². The van der Waals surface area contributed by atoms with Crippen LogP contribution in [0.25, 0.3) is 16.9 Å². The number of anilines is 1. The number of aromatic nitrogens is 3. The van der Waals surface area contributed by atoms with Crippen molar-refractivity contribution in [2.75, 3.05) is 11.9 Å². The molecular weight excluding hydrogens is 410 g/mol. The van der Waals surface area contributed by atoms with Gasteiger partial charge in [-0.3, -0.25) is 4.57 Å². The van der Waals surface area contributed by atoms with Crippen molar-refractivity contribution in [3.05, 3.63) is 76.9 Å². The Morgan fingerprint density at radius 3 is 2.81 bits per heavy atom. The summed E-state index contributed by atoms with van der Waals surface area (Å²) in [6.45, 7) is 3.33. The molecule has 0 aliphatic carbocycles. The summed E-state index contributed by atoms with van der Waals surface area (Å²) in [5, 5.41) is 23.6. The van der Waals surface area contributed by atoms with E-state index in [9.17, 15) is 14.4 Å². The average molecular weight is 432 g/mol. The molecule has 3 heterocycles. The van der Waals surface area contributed by atoms with Crippen LogP contribution in [0.1, 0.15) is 22.5 Å². The van der Waals surface area contributed by atoms with Gasteiger partial charge in [-0.25, -0.2) is 9.37 Å². The minimum absolute atomic E-state index is 0.283. The van der Waals surface area contributed by atoms with E-state index < -0.39 is 7.12 Å². The van der Waals surface area contributed by atoms with Gasteiger partial charge < -0.3 is 20.1 Å². The zero-order valence-corrected chi connectivity index (χ0v) is 17.5. The summed E-state index contributed by atoms with van der Waals surface area (Å²) >= 11 is 0. The van der Waals surface area contributed by atoms with E-state index in [4.69, 9.17) is 14.7 Å². The molecule has 0 spiro atoms. The highest BCUT2D eigenvalue weighted by Gasteiger charge is 2.22. The van der Waals surface area contributed by atoms with E-state index in [1.807, 2.05) is 29.7 Å². The third-order valence-electron chi connectivity index (χ3n) is 5.70. The van der Waals surface area contributed by atoms with Crippen LogP contribution < -0.4 is 10.8 Å². The molecule has 0 bridgehead atoms. The van der Waals surface area contributed by atoms with Crippen LogP contribution in [0.15, 0.2) is 48.5 Å². The Hall–Kier alpha value is -3.27. The van der Waals surface area contributed by atoms with Crippen molar-refractivity contribution in [1.82, 2.24) is 14.5 Å². The third kappa shape index (κ3) is 3.75. The molecule has 0 saturated carbocycles. The van der Waals surface area contributed by atoms with Crippen LogP contribution in [0.2, 0.25) is 0 Å². The number of ether oxygens (including phenoxy) is 1. The zero-order chi connectivity index (χ0) is 22.2. The number of benzene rings is 2. The van der Waals surface area contributed by atoms with Crippen LogP contribution in [0.4, 0.5) is 10.2 Å². The number of hydrogen-bond acceptors (Lipinski definition) is 6. The van der Waals surface area contributed by atoms with Gasteiger partial charge in [0.2, 0.25) is 5.95 Å². The van der Waals surface area contributed by atoms with Gasteiger partial charge >= 0.3 is 7.12 Å². The maximum Gasteiger partial charge on any atom is 0.489 e. The summed E-state index contributed by atoms with van der Waals surface area (Å²) in [6.07, 6.45) is 0.665. The van der Waals surface area contributed by atoms with Gasteiger partial charge in [-0.2, -0.15) is 4.98 Å². The Kier molecular flexibility index (Phi) is 5.38. The Morgan fingerprint density at radius 2 is 2.00 bits per heavy atom. The first-order chi connectivity index (χ1) is 15.5. The Balaban J connectivity index is 1.60.